The number of hydrogen-bond acceptors (Lipinski definition) is 3. The minimum absolute atomic E-state index is 0.430. The lowest BCUT2D eigenvalue weighted by molar-refractivity contribution is 0.0411. The highest BCUT2D eigenvalue weighted by Gasteiger charge is 2.21. The Bertz CT molecular complexity index is 266. The van der Waals surface area contributed by atoms with Gasteiger partial charge in [-0.2, -0.15) is 23.5 Å². The Morgan fingerprint density at radius 3 is 1.52 bits per heavy atom. The first kappa shape index (κ1) is 20.0. The summed E-state index contributed by atoms with van der Waals surface area (Å²) in [6, 6.07) is 0. The zero-order valence-electron chi connectivity index (χ0n) is 15.2. The Labute approximate surface area is 153 Å². The lowest BCUT2D eigenvalue weighted by atomic mass is 9.95. The SMILES string of the molecule is CC(O)(CCCSC1CCCCC1)CCCSC1CCCCC1. The predicted octanol–water partition coefficient (Wildman–Crippen LogP) is 6.43. The van der Waals surface area contributed by atoms with Crippen LogP contribution < -0.4 is 0 Å². The van der Waals surface area contributed by atoms with Gasteiger partial charge in [-0.25, -0.2) is 0 Å². The summed E-state index contributed by atoms with van der Waals surface area (Å²) in [6.45, 7) is 2.06. The Morgan fingerprint density at radius 1 is 0.739 bits per heavy atom. The molecule has 1 nitrogen and oxygen atoms in total. The second-order valence-corrected chi connectivity index (χ2v) is 10.8. The highest BCUT2D eigenvalue weighted by Crippen LogP contribution is 2.31. The van der Waals surface area contributed by atoms with Gasteiger partial charge in [0, 0.05) is 10.5 Å². The number of aliphatic hydroxyl groups is 1. The fourth-order valence-corrected chi connectivity index (χ4v) is 6.62. The van der Waals surface area contributed by atoms with E-state index in [1.807, 2.05) is 0 Å². The third kappa shape index (κ3) is 9.07. The van der Waals surface area contributed by atoms with Gasteiger partial charge in [0.05, 0.1) is 5.60 Å². The summed E-state index contributed by atoms with van der Waals surface area (Å²) >= 11 is 4.34. The average Bonchev–Trinajstić information content (AvgIpc) is 2.58. The first-order valence-electron chi connectivity index (χ1n) is 10.1. The summed E-state index contributed by atoms with van der Waals surface area (Å²) < 4.78 is 0. The molecule has 0 aromatic heterocycles. The van der Waals surface area contributed by atoms with E-state index < -0.39 is 5.60 Å². The molecule has 0 unspecified atom stereocenters. The zero-order valence-corrected chi connectivity index (χ0v) is 16.9. The van der Waals surface area contributed by atoms with Crippen LogP contribution in [-0.2, 0) is 0 Å². The topological polar surface area (TPSA) is 20.2 Å². The lowest BCUT2D eigenvalue weighted by Crippen LogP contribution is -2.24. The van der Waals surface area contributed by atoms with Crippen molar-refractivity contribution in [2.45, 2.75) is 113 Å². The van der Waals surface area contributed by atoms with Crippen LogP contribution in [0.25, 0.3) is 0 Å². The Morgan fingerprint density at radius 2 is 1.13 bits per heavy atom. The van der Waals surface area contributed by atoms with Crippen molar-refractivity contribution in [3.8, 4) is 0 Å². The van der Waals surface area contributed by atoms with Crippen molar-refractivity contribution in [1.82, 2.24) is 0 Å². The number of hydrogen-bond donors (Lipinski definition) is 1. The summed E-state index contributed by atoms with van der Waals surface area (Å²) in [7, 11) is 0. The van der Waals surface area contributed by atoms with Gasteiger partial charge >= 0.3 is 0 Å². The van der Waals surface area contributed by atoms with Gasteiger partial charge in [-0.05, 0) is 69.8 Å². The molecule has 2 saturated carbocycles. The maximum atomic E-state index is 10.6. The third-order valence-corrected chi connectivity index (χ3v) is 8.47. The smallest absolute Gasteiger partial charge is 0.0620 e. The minimum Gasteiger partial charge on any atom is -0.390 e. The van der Waals surface area contributed by atoms with Crippen molar-refractivity contribution < 1.29 is 5.11 Å². The van der Waals surface area contributed by atoms with E-state index in [0.717, 1.165) is 23.3 Å². The van der Waals surface area contributed by atoms with Crippen molar-refractivity contribution in [1.29, 1.82) is 0 Å². The molecular formula is C20H38OS2. The molecular weight excluding hydrogens is 320 g/mol. The Kier molecular flexibility index (Phi) is 9.82. The fraction of sp³-hybridized carbons (Fsp3) is 1.00. The molecule has 0 heterocycles. The van der Waals surface area contributed by atoms with Gasteiger partial charge < -0.3 is 5.11 Å². The van der Waals surface area contributed by atoms with Crippen LogP contribution >= 0.6 is 23.5 Å². The summed E-state index contributed by atoms with van der Waals surface area (Å²) in [6.07, 6.45) is 18.7. The van der Waals surface area contributed by atoms with E-state index >= 15 is 0 Å². The number of rotatable bonds is 10. The van der Waals surface area contributed by atoms with Crippen molar-refractivity contribution >= 4 is 23.5 Å². The van der Waals surface area contributed by atoms with Gasteiger partial charge in [0.15, 0.2) is 0 Å². The molecule has 3 heteroatoms. The van der Waals surface area contributed by atoms with Crippen LogP contribution in [0, 0.1) is 0 Å². The van der Waals surface area contributed by atoms with E-state index in [2.05, 4.69) is 30.4 Å². The summed E-state index contributed by atoms with van der Waals surface area (Å²) in [5.74, 6) is 2.50. The van der Waals surface area contributed by atoms with Crippen LogP contribution in [0.15, 0.2) is 0 Å². The maximum Gasteiger partial charge on any atom is 0.0620 e. The highest BCUT2D eigenvalue weighted by atomic mass is 32.2. The van der Waals surface area contributed by atoms with Crippen LogP contribution in [0.4, 0.5) is 0 Å². The molecule has 0 saturated heterocycles. The highest BCUT2D eigenvalue weighted by molar-refractivity contribution is 8.00. The molecule has 2 fully saturated rings. The quantitative estimate of drug-likeness (QED) is 0.454. The molecule has 0 bridgehead atoms. The van der Waals surface area contributed by atoms with Gasteiger partial charge in [0.1, 0.15) is 0 Å². The summed E-state index contributed by atoms with van der Waals surface area (Å²) in [4.78, 5) is 0. The van der Waals surface area contributed by atoms with Crippen LogP contribution in [0.3, 0.4) is 0 Å². The molecule has 0 spiro atoms. The second-order valence-electron chi connectivity index (χ2n) is 7.97. The Hall–Kier alpha value is 0.660. The van der Waals surface area contributed by atoms with Crippen molar-refractivity contribution in [2.24, 2.45) is 0 Å². The minimum atomic E-state index is -0.430. The van der Waals surface area contributed by atoms with Crippen LogP contribution in [0.5, 0.6) is 0 Å². The molecule has 2 rings (SSSR count). The van der Waals surface area contributed by atoms with E-state index in [1.165, 1.54) is 88.6 Å². The molecule has 0 amide bonds. The zero-order chi connectivity index (χ0) is 16.4. The van der Waals surface area contributed by atoms with Crippen molar-refractivity contribution in [3.05, 3.63) is 0 Å². The molecule has 0 atom stereocenters. The average molecular weight is 359 g/mol. The standard InChI is InChI=1S/C20H38OS2/c1-20(21,14-8-16-22-18-10-4-2-5-11-18)15-9-17-23-19-12-6-3-7-13-19/h18-19,21H,2-17H2,1H3. The molecule has 2 aliphatic rings. The van der Waals surface area contributed by atoms with E-state index in [1.54, 1.807) is 0 Å². The van der Waals surface area contributed by atoms with Crippen molar-refractivity contribution in [2.75, 3.05) is 11.5 Å². The van der Waals surface area contributed by atoms with Gasteiger partial charge in [0.2, 0.25) is 0 Å². The lowest BCUT2D eigenvalue weighted by Gasteiger charge is -2.25. The summed E-state index contributed by atoms with van der Waals surface area (Å²) in [5, 5.41) is 12.4. The van der Waals surface area contributed by atoms with Crippen LogP contribution in [0.2, 0.25) is 0 Å². The fourth-order valence-electron chi connectivity index (χ4n) is 3.99. The molecule has 0 aromatic rings. The van der Waals surface area contributed by atoms with E-state index in [-0.39, 0.29) is 0 Å². The maximum absolute atomic E-state index is 10.6. The van der Waals surface area contributed by atoms with Gasteiger partial charge in [-0.15, -0.1) is 0 Å². The molecule has 136 valence electrons. The van der Waals surface area contributed by atoms with Crippen molar-refractivity contribution in [3.63, 3.8) is 0 Å². The largest absolute Gasteiger partial charge is 0.390 e. The molecule has 1 N–H and O–H groups in total. The Balaban J connectivity index is 1.46. The van der Waals surface area contributed by atoms with Gasteiger partial charge in [-0.1, -0.05) is 38.5 Å². The monoisotopic (exact) mass is 358 g/mol. The molecule has 23 heavy (non-hydrogen) atoms. The molecule has 2 aliphatic carbocycles. The molecule has 0 aliphatic heterocycles. The molecule has 0 aromatic carbocycles. The van der Waals surface area contributed by atoms with Crippen LogP contribution in [-0.4, -0.2) is 32.7 Å². The van der Waals surface area contributed by atoms with Crippen LogP contribution in [0.1, 0.15) is 96.8 Å². The first-order valence-corrected chi connectivity index (χ1v) is 12.2. The predicted molar refractivity (Wildman–Crippen MR) is 108 cm³/mol. The van der Waals surface area contributed by atoms with E-state index in [4.69, 9.17) is 0 Å². The van der Waals surface area contributed by atoms with E-state index in [9.17, 15) is 5.11 Å². The van der Waals surface area contributed by atoms with Gasteiger partial charge in [0.25, 0.3) is 0 Å². The second kappa shape index (κ2) is 11.3. The molecule has 0 radical (unpaired) electrons. The third-order valence-electron chi connectivity index (χ3n) is 5.53. The first-order chi connectivity index (χ1) is 11.2. The normalized spacial score (nSPS) is 21.7. The van der Waals surface area contributed by atoms with Gasteiger partial charge in [-0.3, -0.25) is 0 Å². The van der Waals surface area contributed by atoms with E-state index in [0.29, 0.717) is 0 Å². The summed E-state index contributed by atoms with van der Waals surface area (Å²) in [5.41, 5.74) is -0.430. The number of thioether (sulfide) groups is 2.